The number of benzene rings is 3. The molecule has 0 saturated carbocycles. The Morgan fingerprint density at radius 1 is 0.742 bits per heavy atom. The van der Waals surface area contributed by atoms with E-state index in [2.05, 4.69) is 32.3 Å². The van der Waals surface area contributed by atoms with Gasteiger partial charge in [-0.25, -0.2) is 9.97 Å². The van der Waals surface area contributed by atoms with Crippen LogP contribution >= 0.6 is 0 Å². The molecule has 3 aromatic carbocycles. The molecule has 152 valence electrons. The number of hydrogen-bond acceptors (Lipinski definition) is 5. The summed E-state index contributed by atoms with van der Waals surface area (Å²) in [5.41, 5.74) is 3.86. The average molecular weight is 408 g/mol. The second kappa shape index (κ2) is 8.67. The first-order valence-corrected chi connectivity index (χ1v) is 9.98. The van der Waals surface area contributed by atoms with Crippen molar-refractivity contribution in [3.63, 3.8) is 0 Å². The summed E-state index contributed by atoms with van der Waals surface area (Å²) in [6.45, 7) is 0.838. The van der Waals surface area contributed by atoms with Crippen LogP contribution in [0.2, 0.25) is 0 Å². The Labute approximate surface area is 179 Å². The van der Waals surface area contributed by atoms with Crippen LogP contribution in [0.25, 0.3) is 22.3 Å². The summed E-state index contributed by atoms with van der Waals surface area (Å²) in [7, 11) is 0. The number of H-pyrrole nitrogens is 1. The smallest absolute Gasteiger partial charge is 0.155 e. The summed E-state index contributed by atoms with van der Waals surface area (Å²) in [6.07, 6.45) is 1.50. The highest BCUT2D eigenvalue weighted by molar-refractivity contribution is 5.78. The van der Waals surface area contributed by atoms with Crippen molar-refractivity contribution in [2.45, 2.75) is 13.2 Å². The largest absolute Gasteiger partial charge is 0.489 e. The molecule has 6 nitrogen and oxygen atoms in total. The van der Waals surface area contributed by atoms with Crippen LogP contribution in [0, 0.1) is 0 Å². The normalized spacial score (nSPS) is 10.8. The van der Waals surface area contributed by atoms with Gasteiger partial charge in [-0.2, -0.15) is 5.10 Å². The highest BCUT2D eigenvalue weighted by Crippen LogP contribution is 2.23. The Balaban J connectivity index is 1.22. The molecule has 0 saturated heterocycles. The molecular weight excluding hydrogens is 388 g/mol. The van der Waals surface area contributed by atoms with Gasteiger partial charge in [-0.05, 0) is 35.9 Å². The van der Waals surface area contributed by atoms with Crippen LogP contribution in [0.5, 0.6) is 11.5 Å². The summed E-state index contributed by atoms with van der Waals surface area (Å²) < 4.78 is 11.9. The van der Waals surface area contributed by atoms with E-state index in [1.807, 2.05) is 72.8 Å². The van der Waals surface area contributed by atoms with E-state index < -0.39 is 0 Å². The second-order valence-corrected chi connectivity index (χ2v) is 7.08. The predicted molar refractivity (Wildman–Crippen MR) is 119 cm³/mol. The van der Waals surface area contributed by atoms with Crippen molar-refractivity contribution >= 4 is 10.9 Å². The van der Waals surface area contributed by atoms with E-state index in [-0.39, 0.29) is 0 Å². The third-order valence-electron chi connectivity index (χ3n) is 4.87. The average Bonchev–Trinajstić information content (AvgIpc) is 3.37. The highest BCUT2D eigenvalue weighted by atomic mass is 16.5. The van der Waals surface area contributed by atoms with Crippen LogP contribution in [0.4, 0.5) is 0 Å². The molecule has 0 aliphatic rings. The van der Waals surface area contributed by atoms with Gasteiger partial charge in [0.25, 0.3) is 0 Å². The number of nitrogens with one attached hydrogen (secondary N) is 1. The molecule has 0 atom stereocenters. The Morgan fingerprint density at radius 2 is 1.58 bits per heavy atom. The molecule has 5 rings (SSSR count). The maximum Gasteiger partial charge on any atom is 0.155 e. The van der Waals surface area contributed by atoms with Crippen LogP contribution in [-0.2, 0) is 13.2 Å². The molecule has 2 aromatic heterocycles. The van der Waals surface area contributed by atoms with Crippen molar-refractivity contribution in [1.82, 2.24) is 20.2 Å². The SMILES string of the molecule is c1cc(OCc2cccc(-c3ncn[nH]3)c2)cc(OCc2ccc3ccccc3n2)c1. The number of hydrogen-bond donors (Lipinski definition) is 1. The van der Waals surface area contributed by atoms with Gasteiger partial charge >= 0.3 is 0 Å². The van der Waals surface area contributed by atoms with Gasteiger partial charge in [0.1, 0.15) is 31.0 Å². The standard InChI is InChI=1S/C25H20N4O2/c1-2-10-24-19(6-1)11-12-21(28-24)16-31-23-9-4-8-22(14-23)30-15-18-5-3-7-20(13-18)25-26-17-27-29-25/h1-14,17H,15-16H2,(H,26,27,29). The molecule has 0 radical (unpaired) electrons. The van der Waals surface area contributed by atoms with E-state index in [4.69, 9.17) is 9.47 Å². The minimum atomic E-state index is 0.396. The van der Waals surface area contributed by atoms with Gasteiger partial charge in [0.15, 0.2) is 5.82 Å². The van der Waals surface area contributed by atoms with E-state index in [9.17, 15) is 0 Å². The number of nitrogens with zero attached hydrogens (tertiary/aromatic N) is 3. The first-order valence-electron chi connectivity index (χ1n) is 9.98. The zero-order chi connectivity index (χ0) is 20.9. The van der Waals surface area contributed by atoms with Gasteiger partial charge in [-0.15, -0.1) is 0 Å². The van der Waals surface area contributed by atoms with Gasteiger partial charge in [-0.1, -0.05) is 48.5 Å². The molecular formula is C25H20N4O2. The maximum absolute atomic E-state index is 5.97. The summed E-state index contributed by atoms with van der Waals surface area (Å²) >= 11 is 0. The molecule has 6 heteroatoms. The topological polar surface area (TPSA) is 72.9 Å². The fourth-order valence-corrected chi connectivity index (χ4v) is 3.32. The minimum Gasteiger partial charge on any atom is -0.489 e. The molecule has 0 aliphatic heterocycles. The Kier molecular flexibility index (Phi) is 5.26. The zero-order valence-corrected chi connectivity index (χ0v) is 16.7. The lowest BCUT2D eigenvalue weighted by molar-refractivity contribution is 0.288. The third kappa shape index (κ3) is 4.53. The summed E-state index contributed by atoms with van der Waals surface area (Å²) in [4.78, 5) is 8.84. The van der Waals surface area contributed by atoms with Crippen molar-refractivity contribution in [2.24, 2.45) is 0 Å². The van der Waals surface area contributed by atoms with Gasteiger partial charge in [-0.3, -0.25) is 5.10 Å². The van der Waals surface area contributed by atoms with Crippen molar-refractivity contribution in [2.75, 3.05) is 0 Å². The maximum atomic E-state index is 5.97. The summed E-state index contributed by atoms with van der Waals surface area (Å²) in [5, 5.41) is 7.90. The van der Waals surface area contributed by atoms with E-state index in [0.29, 0.717) is 13.2 Å². The molecule has 0 amide bonds. The van der Waals surface area contributed by atoms with Gasteiger partial charge in [0, 0.05) is 17.0 Å². The number of aromatic amines is 1. The molecule has 0 unspecified atom stereocenters. The fraction of sp³-hybridized carbons (Fsp3) is 0.0800. The lowest BCUT2D eigenvalue weighted by Crippen LogP contribution is -1.99. The van der Waals surface area contributed by atoms with Crippen molar-refractivity contribution in [3.8, 4) is 22.9 Å². The van der Waals surface area contributed by atoms with Crippen LogP contribution in [0.1, 0.15) is 11.3 Å². The number of pyridine rings is 1. The Hall–Kier alpha value is -4.19. The lowest BCUT2D eigenvalue weighted by Gasteiger charge is -2.10. The predicted octanol–water partition coefficient (Wildman–Crippen LogP) is 5.18. The molecule has 0 aliphatic carbocycles. The fourth-order valence-electron chi connectivity index (χ4n) is 3.32. The molecule has 31 heavy (non-hydrogen) atoms. The van der Waals surface area contributed by atoms with Crippen molar-refractivity contribution in [1.29, 1.82) is 0 Å². The quantitative estimate of drug-likeness (QED) is 0.402. The van der Waals surface area contributed by atoms with Crippen molar-refractivity contribution in [3.05, 3.63) is 103 Å². The van der Waals surface area contributed by atoms with E-state index in [1.54, 1.807) is 0 Å². The summed E-state index contributed by atoms with van der Waals surface area (Å²) in [5.74, 6) is 2.22. The van der Waals surface area contributed by atoms with Gasteiger partial charge < -0.3 is 9.47 Å². The van der Waals surface area contributed by atoms with E-state index in [1.165, 1.54) is 6.33 Å². The Bertz CT molecular complexity index is 1300. The first kappa shape index (κ1) is 18.8. The second-order valence-electron chi connectivity index (χ2n) is 7.08. The summed E-state index contributed by atoms with van der Waals surface area (Å²) in [6, 6.07) is 27.8. The van der Waals surface area contributed by atoms with E-state index in [0.717, 1.165) is 45.0 Å². The van der Waals surface area contributed by atoms with Crippen LogP contribution in [0.15, 0.2) is 91.3 Å². The first-order chi connectivity index (χ1) is 15.3. The molecule has 1 N–H and O–H groups in total. The number of aromatic nitrogens is 4. The van der Waals surface area contributed by atoms with Crippen LogP contribution in [-0.4, -0.2) is 20.2 Å². The zero-order valence-electron chi connectivity index (χ0n) is 16.7. The Morgan fingerprint density at radius 3 is 2.45 bits per heavy atom. The third-order valence-corrected chi connectivity index (χ3v) is 4.87. The van der Waals surface area contributed by atoms with Gasteiger partial charge in [0.05, 0.1) is 11.2 Å². The van der Waals surface area contributed by atoms with Crippen molar-refractivity contribution < 1.29 is 9.47 Å². The van der Waals surface area contributed by atoms with E-state index >= 15 is 0 Å². The molecule has 0 fully saturated rings. The van der Waals surface area contributed by atoms with Gasteiger partial charge in [0.2, 0.25) is 0 Å². The number of fused-ring (bicyclic) bond motifs is 1. The monoisotopic (exact) mass is 408 g/mol. The molecule has 5 aromatic rings. The number of rotatable bonds is 7. The minimum absolute atomic E-state index is 0.396. The number of para-hydroxylation sites is 1. The molecule has 0 bridgehead atoms. The molecule has 0 spiro atoms. The molecule has 2 heterocycles. The van der Waals surface area contributed by atoms with Crippen LogP contribution in [0.3, 0.4) is 0 Å². The highest BCUT2D eigenvalue weighted by Gasteiger charge is 2.05. The lowest BCUT2D eigenvalue weighted by atomic mass is 10.1. The number of ether oxygens (including phenoxy) is 2. The van der Waals surface area contributed by atoms with Crippen LogP contribution < -0.4 is 9.47 Å².